The summed E-state index contributed by atoms with van der Waals surface area (Å²) >= 11 is 7.78. The van der Waals surface area contributed by atoms with E-state index in [9.17, 15) is 13.2 Å². The molecule has 1 aliphatic rings. The Labute approximate surface area is 132 Å². The molecule has 0 bridgehead atoms. The molecule has 106 valence electrons. The van der Waals surface area contributed by atoms with Gasteiger partial charge in [0.1, 0.15) is 10.9 Å². The summed E-state index contributed by atoms with van der Waals surface area (Å²) in [6.45, 7) is 0.335. The molecule has 5 nitrogen and oxygen atoms in total. The molecule has 1 aromatic heterocycles. The Morgan fingerprint density at radius 2 is 2.21 bits per heavy atom. The van der Waals surface area contributed by atoms with Gasteiger partial charge in [0.15, 0.2) is 0 Å². The van der Waals surface area contributed by atoms with E-state index in [0.717, 1.165) is 0 Å². The van der Waals surface area contributed by atoms with Gasteiger partial charge < -0.3 is 4.74 Å². The number of thiophene rings is 1. The molecule has 0 N–H and O–H groups in total. The van der Waals surface area contributed by atoms with Crippen molar-refractivity contribution < 1.29 is 17.9 Å². The molecule has 0 radical (unpaired) electrons. The van der Waals surface area contributed by atoms with Crippen molar-refractivity contribution in [3.8, 4) is 0 Å². The van der Waals surface area contributed by atoms with E-state index in [4.69, 9.17) is 0 Å². The molecule has 1 fully saturated rings. The van der Waals surface area contributed by atoms with Crippen LogP contribution in [-0.4, -0.2) is 38.4 Å². The Kier molecular flexibility index (Phi) is 4.71. The summed E-state index contributed by atoms with van der Waals surface area (Å²) in [5.74, 6) is -0.508. The number of carbonyl (C=O) groups excluding carboxylic acids is 1. The topological polar surface area (TPSA) is 63.7 Å². The van der Waals surface area contributed by atoms with Crippen LogP contribution in [-0.2, 0) is 19.6 Å². The Morgan fingerprint density at radius 3 is 2.74 bits per heavy atom. The first-order valence-corrected chi connectivity index (χ1v) is 9.26. The molecule has 0 aliphatic carbocycles. The zero-order valence-electron chi connectivity index (χ0n) is 9.93. The molecule has 1 unspecified atom stereocenters. The maximum absolute atomic E-state index is 12.6. The van der Waals surface area contributed by atoms with Crippen molar-refractivity contribution in [3.63, 3.8) is 0 Å². The molecule has 2 rings (SSSR count). The average molecular weight is 433 g/mol. The summed E-state index contributed by atoms with van der Waals surface area (Å²) in [6.07, 6.45) is 1.15. The van der Waals surface area contributed by atoms with Crippen LogP contribution in [0.5, 0.6) is 0 Å². The summed E-state index contributed by atoms with van der Waals surface area (Å²) in [5.41, 5.74) is 0. The van der Waals surface area contributed by atoms with E-state index in [1.54, 1.807) is 0 Å². The number of hydrogen-bond donors (Lipinski definition) is 0. The molecule has 19 heavy (non-hydrogen) atoms. The highest BCUT2D eigenvalue weighted by Gasteiger charge is 2.41. The molecule has 0 aromatic carbocycles. The number of halogens is 2. The quantitative estimate of drug-likeness (QED) is 0.688. The Bertz CT molecular complexity index is 599. The van der Waals surface area contributed by atoms with Gasteiger partial charge >= 0.3 is 5.97 Å². The van der Waals surface area contributed by atoms with Gasteiger partial charge in [-0.1, -0.05) is 0 Å². The lowest BCUT2D eigenvalue weighted by atomic mass is 10.2. The predicted molar refractivity (Wildman–Crippen MR) is 78.6 cm³/mol. The molecule has 1 saturated heterocycles. The van der Waals surface area contributed by atoms with E-state index < -0.39 is 22.0 Å². The number of nitrogens with zero attached hydrogens (tertiary/aromatic N) is 1. The zero-order chi connectivity index (χ0) is 14.2. The summed E-state index contributed by atoms with van der Waals surface area (Å²) < 4.78 is 32.3. The van der Waals surface area contributed by atoms with E-state index in [1.165, 1.54) is 28.8 Å². The van der Waals surface area contributed by atoms with Gasteiger partial charge in [0.05, 0.1) is 14.7 Å². The van der Waals surface area contributed by atoms with Gasteiger partial charge in [0.25, 0.3) is 0 Å². The Hall–Kier alpha value is 0.0400. The molecular formula is C10H11Br2NO4S2. The van der Waals surface area contributed by atoms with Crippen LogP contribution in [0.2, 0.25) is 0 Å². The van der Waals surface area contributed by atoms with Crippen molar-refractivity contribution >= 4 is 59.2 Å². The minimum absolute atomic E-state index is 0.181. The van der Waals surface area contributed by atoms with E-state index in [1.807, 2.05) is 0 Å². The first-order valence-electron chi connectivity index (χ1n) is 5.42. The lowest BCUT2D eigenvalue weighted by Gasteiger charge is -2.21. The normalized spacial score (nSPS) is 20.7. The fraction of sp³-hybridized carbons (Fsp3) is 0.500. The van der Waals surface area contributed by atoms with Crippen molar-refractivity contribution in [2.75, 3.05) is 13.7 Å². The number of ether oxygens (including phenoxy) is 1. The lowest BCUT2D eigenvalue weighted by Crippen LogP contribution is -2.40. The first-order chi connectivity index (χ1) is 8.87. The monoisotopic (exact) mass is 431 g/mol. The van der Waals surface area contributed by atoms with Gasteiger partial charge in [0.2, 0.25) is 10.0 Å². The van der Waals surface area contributed by atoms with Gasteiger partial charge in [-0.15, -0.1) is 11.3 Å². The second kappa shape index (κ2) is 5.80. The molecule has 0 saturated carbocycles. The third-order valence-electron chi connectivity index (χ3n) is 2.89. The molecule has 1 atom stereocenters. The molecule has 1 aromatic rings. The number of methoxy groups -OCH3 is 1. The SMILES string of the molecule is COC(=O)C1CCCN1S(=O)(=O)c1cc(Br)sc1Br. The highest BCUT2D eigenvalue weighted by molar-refractivity contribution is 9.12. The molecule has 9 heteroatoms. The molecular weight excluding hydrogens is 422 g/mol. The molecule has 1 aliphatic heterocycles. The standard InChI is InChI=1S/C10H11Br2NO4S2/c1-17-10(14)6-3-2-4-13(6)19(15,16)7-5-8(11)18-9(7)12/h5-6H,2-4H2,1H3. The van der Waals surface area contributed by atoms with Crippen LogP contribution in [0.4, 0.5) is 0 Å². The number of rotatable bonds is 3. The Morgan fingerprint density at radius 1 is 1.53 bits per heavy atom. The lowest BCUT2D eigenvalue weighted by molar-refractivity contribution is -0.144. The molecule has 0 amide bonds. The van der Waals surface area contributed by atoms with E-state index in [0.29, 0.717) is 27.0 Å². The predicted octanol–water partition coefficient (Wildman–Crippen LogP) is 2.60. The zero-order valence-corrected chi connectivity index (χ0v) is 14.7. The van der Waals surface area contributed by atoms with Crippen LogP contribution in [0.3, 0.4) is 0 Å². The van der Waals surface area contributed by atoms with Crippen LogP contribution in [0.15, 0.2) is 18.5 Å². The number of hydrogen-bond acceptors (Lipinski definition) is 5. The summed E-state index contributed by atoms with van der Waals surface area (Å²) in [6, 6.07) is 0.817. The fourth-order valence-electron chi connectivity index (χ4n) is 2.03. The molecule has 0 spiro atoms. The van der Waals surface area contributed by atoms with Crippen molar-refractivity contribution in [1.29, 1.82) is 0 Å². The first kappa shape index (κ1) is 15.4. The highest BCUT2D eigenvalue weighted by Crippen LogP contribution is 2.38. The summed E-state index contributed by atoms with van der Waals surface area (Å²) in [5, 5.41) is 0. The van der Waals surface area contributed by atoms with E-state index in [-0.39, 0.29) is 4.90 Å². The Balaban J connectivity index is 2.39. The van der Waals surface area contributed by atoms with Crippen LogP contribution in [0, 0.1) is 0 Å². The fourth-order valence-corrected chi connectivity index (χ4v) is 7.44. The van der Waals surface area contributed by atoms with Crippen molar-refractivity contribution in [2.24, 2.45) is 0 Å². The smallest absolute Gasteiger partial charge is 0.324 e. The van der Waals surface area contributed by atoms with Crippen LogP contribution in [0.1, 0.15) is 12.8 Å². The third kappa shape index (κ3) is 2.90. The van der Waals surface area contributed by atoms with Gasteiger partial charge in [-0.25, -0.2) is 8.42 Å². The van der Waals surface area contributed by atoms with Crippen LogP contribution in [0.25, 0.3) is 0 Å². The van der Waals surface area contributed by atoms with Gasteiger partial charge in [-0.2, -0.15) is 4.31 Å². The average Bonchev–Trinajstić information content (AvgIpc) is 2.95. The van der Waals surface area contributed by atoms with Crippen molar-refractivity contribution in [1.82, 2.24) is 4.31 Å². The van der Waals surface area contributed by atoms with Crippen LogP contribution >= 0.6 is 43.2 Å². The minimum atomic E-state index is -3.69. The largest absolute Gasteiger partial charge is 0.468 e. The number of sulfonamides is 1. The molecule has 2 heterocycles. The van der Waals surface area contributed by atoms with Crippen molar-refractivity contribution in [2.45, 2.75) is 23.8 Å². The minimum Gasteiger partial charge on any atom is -0.468 e. The van der Waals surface area contributed by atoms with Crippen molar-refractivity contribution in [3.05, 3.63) is 13.6 Å². The van der Waals surface area contributed by atoms with Gasteiger partial charge in [0, 0.05) is 6.54 Å². The van der Waals surface area contributed by atoms with Gasteiger partial charge in [-0.3, -0.25) is 4.79 Å². The summed E-state index contributed by atoms with van der Waals surface area (Å²) in [4.78, 5) is 11.8. The number of carbonyl (C=O) groups is 1. The summed E-state index contributed by atoms with van der Waals surface area (Å²) in [7, 11) is -2.42. The highest BCUT2D eigenvalue weighted by atomic mass is 79.9. The second-order valence-electron chi connectivity index (χ2n) is 3.99. The number of esters is 1. The van der Waals surface area contributed by atoms with Crippen LogP contribution < -0.4 is 0 Å². The third-order valence-corrected chi connectivity index (χ3v) is 7.55. The second-order valence-corrected chi connectivity index (χ2v) is 9.59. The van der Waals surface area contributed by atoms with Gasteiger partial charge in [-0.05, 0) is 50.8 Å². The van der Waals surface area contributed by atoms with E-state index >= 15 is 0 Å². The van der Waals surface area contributed by atoms with E-state index in [2.05, 4.69) is 36.6 Å². The maximum atomic E-state index is 12.6. The maximum Gasteiger partial charge on any atom is 0.324 e.